The van der Waals surface area contributed by atoms with Gasteiger partial charge in [0.1, 0.15) is 11.6 Å². The minimum absolute atomic E-state index is 0.0415. The molecule has 0 saturated heterocycles. The second-order valence-electron chi connectivity index (χ2n) is 5.71. The van der Waals surface area contributed by atoms with Gasteiger partial charge in [-0.1, -0.05) is 30.3 Å². The highest BCUT2D eigenvalue weighted by atomic mass is 16.4. The molecule has 0 aliphatic rings. The summed E-state index contributed by atoms with van der Waals surface area (Å²) in [7, 11) is 0. The number of aliphatic hydroxyl groups is 1. The van der Waals surface area contributed by atoms with Crippen LogP contribution in [0.1, 0.15) is 29.5 Å². The first-order chi connectivity index (χ1) is 11.5. The number of carboxylic acid groups (broad SMARTS) is 1. The van der Waals surface area contributed by atoms with Crippen molar-refractivity contribution in [3.63, 3.8) is 0 Å². The van der Waals surface area contributed by atoms with Crippen molar-refractivity contribution in [3.8, 4) is 5.75 Å². The maximum absolute atomic E-state index is 10.8. The van der Waals surface area contributed by atoms with E-state index in [0.717, 1.165) is 12.2 Å². The van der Waals surface area contributed by atoms with Gasteiger partial charge in [0.25, 0.3) is 0 Å². The van der Waals surface area contributed by atoms with E-state index in [1.165, 1.54) is 17.7 Å². The van der Waals surface area contributed by atoms with Crippen LogP contribution in [0.25, 0.3) is 11.0 Å². The molecule has 124 valence electrons. The highest BCUT2D eigenvalue weighted by Gasteiger charge is 2.18. The molecule has 2 aromatic carbocycles. The fourth-order valence-corrected chi connectivity index (χ4v) is 2.73. The molecule has 0 aliphatic heterocycles. The second kappa shape index (κ2) is 6.72. The van der Waals surface area contributed by atoms with E-state index < -0.39 is 18.5 Å². The SMILES string of the molecule is O=C(O)CC(O)c1cc(O)cc2[nH]c(CCc3ccccc3)nc12. The van der Waals surface area contributed by atoms with Gasteiger partial charge in [0, 0.05) is 18.1 Å². The van der Waals surface area contributed by atoms with Crippen molar-refractivity contribution in [2.45, 2.75) is 25.4 Å². The number of aromatic nitrogens is 2. The number of rotatable bonds is 6. The van der Waals surface area contributed by atoms with Crippen molar-refractivity contribution in [2.24, 2.45) is 0 Å². The van der Waals surface area contributed by atoms with Gasteiger partial charge < -0.3 is 20.3 Å². The summed E-state index contributed by atoms with van der Waals surface area (Å²) in [5, 5.41) is 28.7. The third-order valence-corrected chi connectivity index (χ3v) is 3.87. The molecule has 0 aliphatic carbocycles. The van der Waals surface area contributed by atoms with E-state index in [0.29, 0.717) is 23.0 Å². The van der Waals surface area contributed by atoms with Crippen LogP contribution in [0.5, 0.6) is 5.75 Å². The van der Waals surface area contributed by atoms with Crippen LogP contribution in [0.2, 0.25) is 0 Å². The molecule has 0 saturated carbocycles. The summed E-state index contributed by atoms with van der Waals surface area (Å²) in [6.45, 7) is 0. The van der Waals surface area contributed by atoms with Crippen LogP contribution in [0.3, 0.4) is 0 Å². The summed E-state index contributed by atoms with van der Waals surface area (Å²) < 4.78 is 0. The number of phenols is 1. The molecule has 3 aromatic rings. The van der Waals surface area contributed by atoms with Crippen LogP contribution < -0.4 is 0 Å². The lowest BCUT2D eigenvalue weighted by Crippen LogP contribution is -2.06. The first kappa shape index (κ1) is 16.0. The van der Waals surface area contributed by atoms with Crippen LogP contribution in [-0.2, 0) is 17.6 Å². The number of aryl methyl sites for hydroxylation is 2. The van der Waals surface area contributed by atoms with Crippen LogP contribution in [-0.4, -0.2) is 31.3 Å². The Kier molecular flexibility index (Phi) is 4.48. The Bertz CT molecular complexity index is 858. The van der Waals surface area contributed by atoms with Gasteiger partial charge in [-0.25, -0.2) is 4.98 Å². The summed E-state index contributed by atoms with van der Waals surface area (Å²) in [5.74, 6) is -0.428. The lowest BCUT2D eigenvalue weighted by Gasteiger charge is -2.09. The number of hydrogen-bond donors (Lipinski definition) is 4. The summed E-state index contributed by atoms with van der Waals surface area (Å²) in [6, 6.07) is 12.9. The minimum Gasteiger partial charge on any atom is -0.508 e. The zero-order valence-electron chi connectivity index (χ0n) is 12.9. The third kappa shape index (κ3) is 3.55. The second-order valence-corrected chi connectivity index (χ2v) is 5.71. The number of carboxylic acids is 1. The average molecular weight is 326 g/mol. The van der Waals surface area contributed by atoms with Crippen molar-refractivity contribution in [3.05, 3.63) is 59.4 Å². The first-order valence-corrected chi connectivity index (χ1v) is 7.68. The van der Waals surface area contributed by atoms with Crippen LogP contribution >= 0.6 is 0 Å². The molecule has 6 heteroatoms. The fourth-order valence-electron chi connectivity index (χ4n) is 2.73. The molecule has 3 rings (SSSR count). The van der Waals surface area contributed by atoms with Gasteiger partial charge >= 0.3 is 5.97 Å². The summed E-state index contributed by atoms with van der Waals surface area (Å²) in [5.41, 5.74) is 2.57. The zero-order valence-corrected chi connectivity index (χ0v) is 12.9. The number of aliphatic hydroxyl groups excluding tert-OH is 1. The molecule has 0 bridgehead atoms. The number of benzene rings is 2. The molecule has 1 atom stereocenters. The van der Waals surface area contributed by atoms with Crippen LogP contribution in [0.4, 0.5) is 0 Å². The number of phenolic OH excluding ortho intramolecular Hbond substituents is 1. The lowest BCUT2D eigenvalue weighted by atomic mass is 10.0. The highest BCUT2D eigenvalue weighted by Crippen LogP contribution is 2.29. The van der Waals surface area contributed by atoms with Crippen molar-refractivity contribution in [1.29, 1.82) is 0 Å². The Hall–Kier alpha value is -2.86. The number of aliphatic carboxylic acids is 1. The largest absolute Gasteiger partial charge is 0.508 e. The van der Waals surface area contributed by atoms with E-state index >= 15 is 0 Å². The maximum atomic E-state index is 10.8. The van der Waals surface area contributed by atoms with Gasteiger partial charge in [-0.3, -0.25) is 4.79 Å². The molecular formula is C18H18N2O4. The monoisotopic (exact) mass is 326 g/mol. The molecule has 0 amide bonds. The van der Waals surface area contributed by atoms with Gasteiger partial charge in [-0.2, -0.15) is 0 Å². The molecule has 0 spiro atoms. The molecule has 1 aromatic heterocycles. The molecular weight excluding hydrogens is 308 g/mol. The molecule has 1 heterocycles. The van der Waals surface area contributed by atoms with E-state index in [4.69, 9.17) is 5.11 Å². The van der Waals surface area contributed by atoms with Crippen LogP contribution in [0.15, 0.2) is 42.5 Å². The summed E-state index contributed by atoms with van der Waals surface area (Å²) in [4.78, 5) is 18.4. The lowest BCUT2D eigenvalue weighted by molar-refractivity contribution is -0.139. The quantitative estimate of drug-likeness (QED) is 0.557. The Balaban J connectivity index is 1.88. The van der Waals surface area contributed by atoms with Gasteiger partial charge in [0.15, 0.2) is 0 Å². The fraction of sp³-hybridized carbons (Fsp3) is 0.222. The Morgan fingerprint density at radius 3 is 2.62 bits per heavy atom. The molecule has 1 unspecified atom stereocenters. The number of H-pyrrole nitrogens is 1. The van der Waals surface area contributed by atoms with Gasteiger partial charge in [0.05, 0.1) is 23.6 Å². The predicted octanol–water partition coefficient (Wildman–Crippen LogP) is 2.56. The standard InChI is InChI=1S/C18H18N2O4/c21-12-8-13(15(22)10-17(23)24)18-14(9-12)19-16(20-18)7-6-11-4-2-1-3-5-11/h1-5,8-9,15,21-22H,6-7,10H2,(H,19,20)(H,23,24). The Morgan fingerprint density at radius 2 is 1.92 bits per heavy atom. The molecule has 0 fully saturated rings. The summed E-state index contributed by atoms with van der Waals surface area (Å²) in [6.07, 6.45) is -0.180. The van der Waals surface area contributed by atoms with Crippen molar-refractivity contribution < 1.29 is 20.1 Å². The molecule has 0 radical (unpaired) electrons. The van der Waals surface area contributed by atoms with Gasteiger partial charge in [0.2, 0.25) is 0 Å². The van der Waals surface area contributed by atoms with E-state index in [9.17, 15) is 15.0 Å². The first-order valence-electron chi connectivity index (χ1n) is 7.68. The minimum atomic E-state index is -1.22. The molecule has 6 nitrogen and oxygen atoms in total. The highest BCUT2D eigenvalue weighted by molar-refractivity contribution is 5.82. The number of hydrogen-bond acceptors (Lipinski definition) is 4. The van der Waals surface area contributed by atoms with E-state index in [1.54, 1.807) is 0 Å². The number of imidazole rings is 1. The molecule has 24 heavy (non-hydrogen) atoms. The smallest absolute Gasteiger partial charge is 0.306 e. The maximum Gasteiger partial charge on any atom is 0.306 e. The van der Waals surface area contributed by atoms with Crippen LogP contribution in [0, 0.1) is 0 Å². The van der Waals surface area contributed by atoms with Gasteiger partial charge in [-0.15, -0.1) is 0 Å². The third-order valence-electron chi connectivity index (χ3n) is 3.87. The van der Waals surface area contributed by atoms with Crippen molar-refractivity contribution >= 4 is 17.0 Å². The number of carbonyl (C=O) groups is 1. The number of nitrogens with zero attached hydrogens (tertiary/aromatic N) is 1. The number of nitrogens with one attached hydrogen (secondary N) is 1. The molecule has 4 N–H and O–H groups in total. The van der Waals surface area contributed by atoms with E-state index in [2.05, 4.69) is 9.97 Å². The predicted molar refractivity (Wildman–Crippen MR) is 88.8 cm³/mol. The van der Waals surface area contributed by atoms with Crippen molar-refractivity contribution in [2.75, 3.05) is 0 Å². The van der Waals surface area contributed by atoms with Crippen molar-refractivity contribution in [1.82, 2.24) is 9.97 Å². The zero-order chi connectivity index (χ0) is 17.1. The Morgan fingerprint density at radius 1 is 1.17 bits per heavy atom. The van der Waals surface area contributed by atoms with E-state index in [-0.39, 0.29) is 5.75 Å². The summed E-state index contributed by atoms with van der Waals surface area (Å²) >= 11 is 0. The van der Waals surface area contributed by atoms with E-state index in [1.807, 2.05) is 30.3 Å². The average Bonchev–Trinajstić information content (AvgIpc) is 2.95. The Labute approximate surface area is 138 Å². The van der Waals surface area contributed by atoms with Gasteiger partial charge in [-0.05, 0) is 18.1 Å². The number of aromatic amines is 1. The number of fused-ring (bicyclic) bond motifs is 1. The normalized spacial score (nSPS) is 12.4. The number of aromatic hydroxyl groups is 1. The topological polar surface area (TPSA) is 106 Å².